The van der Waals surface area contributed by atoms with Crippen molar-refractivity contribution in [1.82, 2.24) is 5.32 Å². The van der Waals surface area contributed by atoms with Gasteiger partial charge in [-0.15, -0.1) is 0 Å². The molecule has 0 heterocycles. The lowest BCUT2D eigenvalue weighted by Crippen LogP contribution is -2.45. The van der Waals surface area contributed by atoms with E-state index in [9.17, 15) is 0 Å². The van der Waals surface area contributed by atoms with Crippen molar-refractivity contribution >= 4 is 0 Å². The van der Waals surface area contributed by atoms with Gasteiger partial charge in [0.05, 0.1) is 6.61 Å². The van der Waals surface area contributed by atoms with Crippen molar-refractivity contribution < 1.29 is 5.11 Å². The second-order valence-corrected chi connectivity index (χ2v) is 4.62. The predicted octanol–water partition coefficient (Wildman–Crippen LogP) is 1.78. The Morgan fingerprint density at radius 1 is 1.38 bits per heavy atom. The van der Waals surface area contributed by atoms with Gasteiger partial charge in [0, 0.05) is 12.1 Å². The molecule has 2 N–H and O–H groups in total. The molecule has 0 aromatic heterocycles. The molecule has 0 saturated heterocycles. The van der Waals surface area contributed by atoms with Crippen molar-refractivity contribution in [2.75, 3.05) is 6.61 Å². The van der Waals surface area contributed by atoms with Gasteiger partial charge >= 0.3 is 0 Å². The minimum Gasteiger partial charge on any atom is -0.395 e. The zero-order chi connectivity index (χ0) is 9.84. The summed E-state index contributed by atoms with van der Waals surface area (Å²) in [6.07, 6.45) is 3.98. The molecular weight excluding hydrogens is 162 g/mol. The molecule has 1 aliphatic carbocycles. The van der Waals surface area contributed by atoms with E-state index in [-0.39, 0.29) is 12.6 Å². The standard InChI is InChI=1S/C11H23NO/c1-8-5-4-6-11(10(8)3)12-9(2)7-13/h8-13H,4-7H2,1-3H3. The van der Waals surface area contributed by atoms with Crippen LogP contribution in [0.1, 0.15) is 40.0 Å². The Bertz CT molecular complexity index is 149. The Labute approximate surface area is 81.7 Å². The lowest BCUT2D eigenvalue weighted by atomic mass is 9.78. The maximum absolute atomic E-state index is 8.96. The van der Waals surface area contributed by atoms with Gasteiger partial charge in [0.1, 0.15) is 0 Å². The molecule has 4 atom stereocenters. The molecule has 2 heteroatoms. The molecule has 1 rings (SSSR count). The van der Waals surface area contributed by atoms with E-state index >= 15 is 0 Å². The molecule has 0 radical (unpaired) electrons. The summed E-state index contributed by atoms with van der Waals surface area (Å²) < 4.78 is 0. The third kappa shape index (κ3) is 2.96. The van der Waals surface area contributed by atoms with E-state index in [1.54, 1.807) is 0 Å². The van der Waals surface area contributed by atoms with E-state index in [0.717, 1.165) is 11.8 Å². The highest BCUT2D eigenvalue weighted by Gasteiger charge is 2.27. The topological polar surface area (TPSA) is 32.3 Å². The van der Waals surface area contributed by atoms with Crippen LogP contribution in [-0.2, 0) is 0 Å². The van der Waals surface area contributed by atoms with Gasteiger partial charge in [-0.3, -0.25) is 0 Å². The molecule has 13 heavy (non-hydrogen) atoms. The minimum absolute atomic E-state index is 0.248. The van der Waals surface area contributed by atoms with Gasteiger partial charge < -0.3 is 10.4 Å². The molecule has 0 amide bonds. The summed E-state index contributed by atoms with van der Waals surface area (Å²) >= 11 is 0. The van der Waals surface area contributed by atoms with Crippen LogP contribution in [0.25, 0.3) is 0 Å². The first-order chi connectivity index (χ1) is 6.15. The maximum Gasteiger partial charge on any atom is 0.0582 e. The van der Waals surface area contributed by atoms with Crippen molar-refractivity contribution in [2.45, 2.75) is 52.1 Å². The van der Waals surface area contributed by atoms with Crippen molar-refractivity contribution in [2.24, 2.45) is 11.8 Å². The van der Waals surface area contributed by atoms with Crippen LogP contribution in [0.15, 0.2) is 0 Å². The van der Waals surface area contributed by atoms with E-state index in [1.165, 1.54) is 19.3 Å². The predicted molar refractivity (Wildman–Crippen MR) is 55.7 cm³/mol. The Hall–Kier alpha value is -0.0800. The van der Waals surface area contributed by atoms with Crippen molar-refractivity contribution in [3.63, 3.8) is 0 Å². The van der Waals surface area contributed by atoms with E-state index in [1.807, 2.05) is 6.92 Å². The third-order valence-electron chi connectivity index (χ3n) is 3.48. The van der Waals surface area contributed by atoms with Crippen LogP contribution in [0.2, 0.25) is 0 Å². The van der Waals surface area contributed by atoms with Crippen LogP contribution in [-0.4, -0.2) is 23.8 Å². The number of nitrogens with one attached hydrogen (secondary N) is 1. The molecule has 2 nitrogen and oxygen atoms in total. The molecule has 1 aliphatic rings. The Morgan fingerprint density at radius 2 is 2.08 bits per heavy atom. The third-order valence-corrected chi connectivity index (χ3v) is 3.48. The average Bonchev–Trinajstić information content (AvgIpc) is 2.13. The van der Waals surface area contributed by atoms with Gasteiger partial charge in [-0.25, -0.2) is 0 Å². The molecule has 1 fully saturated rings. The van der Waals surface area contributed by atoms with Crippen molar-refractivity contribution in [3.8, 4) is 0 Å². The van der Waals surface area contributed by atoms with E-state index in [0.29, 0.717) is 6.04 Å². The first-order valence-electron chi connectivity index (χ1n) is 5.52. The Morgan fingerprint density at radius 3 is 2.69 bits per heavy atom. The van der Waals surface area contributed by atoms with Crippen molar-refractivity contribution in [1.29, 1.82) is 0 Å². The van der Waals surface area contributed by atoms with E-state index < -0.39 is 0 Å². The highest BCUT2D eigenvalue weighted by molar-refractivity contribution is 4.83. The second-order valence-electron chi connectivity index (χ2n) is 4.62. The largest absolute Gasteiger partial charge is 0.395 e. The SMILES string of the molecule is CC(CO)NC1CCCC(C)C1C. The van der Waals surface area contributed by atoms with Crippen LogP contribution in [0.5, 0.6) is 0 Å². The molecule has 0 aromatic carbocycles. The van der Waals surface area contributed by atoms with Gasteiger partial charge in [0.15, 0.2) is 0 Å². The van der Waals surface area contributed by atoms with E-state index in [4.69, 9.17) is 5.11 Å². The number of rotatable bonds is 3. The molecule has 0 aliphatic heterocycles. The molecule has 78 valence electrons. The van der Waals surface area contributed by atoms with Gasteiger partial charge in [-0.1, -0.05) is 26.7 Å². The fraction of sp³-hybridized carbons (Fsp3) is 1.00. The van der Waals surface area contributed by atoms with Gasteiger partial charge in [0.2, 0.25) is 0 Å². The summed E-state index contributed by atoms with van der Waals surface area (Å²) in [4.78, 5) is 0. The fourth-order valence-corrected chi connectivity index (χ4v) is 2.24. The maximum atomic E-state index is 8.96. The lowest BCUT2D eigenvalue weighted by molar-refractivity contribution is 0.170. The molecule has 4 unspecified atom stereocenters. The van der Waals surface area contributed by atoms with Crippen LogP contribution >= 0.6 is 0 Å². The summed E-state index contributed by atoms with van der Waals surface area (Å²) in [5.41, 5.74) is 0. The van der Waals surface area contributed by atoms with Gasteiger partial charge in [0.25, 0.3) is 0 Å². The summed E-state index contributed by atoms with van der Waals surface area (Å²) in [7, 11) is 0. The molecule has 0 aromatic rings. The summed E-state index contributed by atoms with van der Waals surface area (Å²) in [5.74, 6) is 1.58. The summed E-state index contributed by atoms with van der Waals surface area (Å²) in [6.45, 7) is 6.96. The lowest BCUT2D eigenvalue weighted by Gasteiger charge is -2.36. The average molecular weight is 185 g/mol. The van der Waals surface area contributed by atoms with Crippen LogP contribution in [0, 0.1) is 11.8 Å². The van der Waals surface area contributed by atoms with Crippen molar-refractivity contribution in [3.05, 3.63) is 0 Å². The monoisotopic (exact) mass is 185 g/mol. The Balaban J connectivity index is 2.39. The van der Waals surface area contributed by atoms with Crippen LogP contribution in [0.4, 0.5) is 0 Å². The molecular formula is C11H23NO. The molecule has 1 saturated carbocycles. The van der Waals surface area contributed by atoms with Crippen LogP contribution in [0.3, 0.4) is 0 Å². The van der Waals surface area contributed by atoms with Gasteiger partial charge in [-0.05, 0) is 25.2 Å². The fourth-order valence-electron chi connectivity index (χ4n) is 2.24. The number of aliphatic hydroxyl groups is 1. The summed E-state index contributed by atoms with van der Waals surface area (Å²) in [6, 6.07) is 0.864. The number of hydrogen-bond donors (Lipinski definition) is 2. The Kier molecular flexibility index (Phi) is 4.20. The normalized spacial score (nSPS) is 37.4. The zero-order valence-electron chi connectivity index (χ0n) is 9.09. The first-order valence-corrected chi connectivity index (χ1v) is 5.52. The van der Waals surface area contributed by atoms with Gasteiger partial charge in [-0.2, -0.15) is 0 Å². The molecule has 0 bridgehead atoms. The highest BCUT2D eigenvalue weighted by Crippen LogP contribution is 2.29. The first kappa shape index (κ1) is 11.0. The summed E-state index contributed by atoms with van der Waals surface area (Å²) in [5, 5.41) is 12.5. The zero-order valence-corrected chi connectivity index (χ0v) is 9.09. The number of aliphatic hydroxyl groups excluding tert-OH is 1. The smallest absolute Gasteiger partial charge is 0.0582 e. The second kappa shape index (κ2) is 4.97. The highest BCUT2D eigenvalue weighted by atomic mass is 16.3. The van der Waals surface area contributed by atoms with Crippen LogP contribution < -0.4 is 5.32 Å². The number of hydrogen-bond acceptors (Lipinski definition) is 2. The minimum atomic E-state index is 0.248. The quantitative estimate of drug-likeness (QED) is 0.702. The van der Waals surface area contributed by atoms with E-state index in [2.05, 4.69) is 19.2 Å². The molecule has 0 spiro atoms.